The van der Waals surface area contributed by atoms with Gasteiger partial charge in [0.25, 0.3) is 0 Å². The highest BCUT2D eigenvalue weighted by molar-refractivity contribution is 5.31. The second-order valence-corrected chi connectivity index (χ2v) is 4.14. The Morgan fingerprint density at radius 1 is 1.47 bits per heavy atom. The zero-order valence-electron chi connectivity index (χ0n) is 8.73. The summed E-state index contributed by atoms with van der Waals surface area (Å²) in [5.41, 5.74) is 5.68. The predicted molar refractivity (Wildman–Crippen MR) is 58.9 cm³/mol. The predicted octanol–water partition coefficient (Wildman–Crippen LogP) is 1.76. The molecule has 15 heavy (non-hydrogen) atoms. The molecule has 3 heteroatoms. The molecular formula is C12H17NO2. The molecule has 0 spiro atoms. The Hall–Kier alpha value is -1.22. The summed E-state index contributed by atoms with van der Waals surface area (Å²) in [6, 6.07) is 6.88. The van der Waals surface area contributed by atoms with Gasteiger partial charge >= 0.3 is 0 Å². The number of aromatic hydroxyl groups is 1. The normalized spacial score (nSPS) is 17.4. The number of nitrogens with two attached hydrogens (primary N) is 1. The molecule has 0 bridgehead atoms. The number of hydrogen-bond donors (Lipinski definition) is 2. The van der Waals surface area contributed by atoms with E-state index in [1.54, 1.807) is 18.2 Å². The summed E-state index contributed by atoms with van der Waals surface area (Å²) in [6.07, 6.45) is 2.57. The maximum atomic E-state index is 9.25. The van der Waals surface area contributed by atoms with Crippen molar-refractivity contribution in [1.29, 1.82) is 0 Å². The molecule has 0 radical (unpaired) electrons. The van der Waals surface area contributed by atoms with E-state index in [4.69, 9.17) is 10.5 Å². The number of phenolic OH excluding ortho intramolecular Hbond substituents is 1. The van der Waals surface area contributed by atoms with E-state index in [0.29, 0.717) is 24.8 Å². The molecule has 1 aliphatic carbocycles. The van der Waals surface area contributed by atoms with Crippen LogP contribution in [0.1, 0.15) is 12.8 Å². The Kier molecular flexibility index (Phi) is 3.11. The molecule has 1 atom stereocenters. The molecule has 1 aromatic carbocycles. The average Bonchev–Trinajstić information content (AvgIpc) is 3.03. The number of rotatable bonds is 5. The Morgan fingerprint density at radius 2 is 2.27 bits per heavy atom. The van der Waals surface area contributed by atoms with Gasteiger partial charge in [0.15, 0.2) is 0 Å². The first-order valence-electron chi connectivity index (χ1n) is 5.41. The molecule has 0 aliphatic heterocycles. The number of hydrogen-bond acceptors (Lipinski definition) is 3. The Balaban J connectivity index is 1.86. The van der Waals surface area contributed by atoms with E-state index in [9.17, 15) is 5.11 Å². The van der Waals surface area contributed by atoms with Gasteiger partial charge in [-0.1, -0.05) is 6.07 Å². The molecule has 2 rings (SSSR count). The first-order valence-corrected chi connectivity index (χ1v) is 5.41. The van der Waals surface area contributed by atoms with Gasteiger partial charge in [-0.3, -0.25) is 0 Å². The van der Waals surface area contributed by atoms with E-state index in [2.05, 4.69) is 0 Å². The van der Waals surface area contributed by atoms with Crippen LogP contribution in [0.5, 0.6) is 11.5 Å². The van der Waals surface area contributed by atoms with Crippen LogP contribution in [0.4, 0.5) is 0 Å². The quantitative estimate of drug-likeness (QED) is 0.773. The van der Waals surface area contributed by atoms with Gasteiger partial charge in [0, 0.05) is 12.0 Å². The molecule has 0 heterocycles. The maximum Gasteiger partial charge on any atom is 0.122 e. The van der Waals surface area contributed by atoms with Crippen LogP contribution >= 0.6 is 0 Å². The van der Waals surface area contributed by atoms with Crippen LogP contribution in [0.2, 0.25) is 0 Å². The monoisotopic (exact) mass is 207 g/mol. The van der Waals surface area contributed by atoms with Gasteiger partial charge in [-0.05, 0) is 37.4 Å². The zero-order chi connectivity index (χ0) is 10.7. The zero-order valence-corrected chi connectivity index (χ0v) is 8.73. The molecule has 1 fully saturated rings. The molecular weight excluding hydrogens is 190 g/mol. The highest BCUT2D eigenvalue weighted by Crippen LogP contribution is 2.36. The van der Waals surface area contributed by atoms with E-state index >= 15 is 0 Å². The van der Waals surface area contributed by atoms with Crippen molar-refractivity contribution in [2.24, 2.45) is 17.6 Å². The molecule has 0 amide bonds. The number of benzene rings is 1. The van der Waals surface area contributed by atoms with Gasteiger partial charge in [-0.25, -0.2) is 0 Å². The van der Waals surface area contributed by atoms with Gasteiger partial charge in [0.2, 0.25) is 0 Å². The van der Waals surface area contributed by atoms with Gasteiger partial charge in [-0.15, -0.1) is 0 Å². The molecule has 1 aromatic rings. The molecule has 3 nitrogen and oxygen atoms in total. The summed E-state index contributed by atoms with van der Waals surface area (Å²) in [5.74, 6) is 2.18. The Bertz CT molecular complexity index is 323. The molecule has 0 saturated heterocycles. The van der Waals surface area contributed by atoms with Crippen molar-refractivity contribution < 1.29 is 9.84 Å². The van der Waals surface area contributed by atoms with Gasteiger partial charge in [0.1, 0.15) is 11.5 Å². The first-order chi connectivity index (χ1) is 7.29. The van der Waals surface area contributed by atoms with E-state index in [-0.39, 0.29) is 5.75 Å². The number of phenols is 1. The van der Waals surface area contributed by atoms with Crippen molar-refractivity contribution in [2.45, 2.75) is 12.8 Å². The summed E-state index contributed by atoms with van der Waals surface area (Å²) < 4.78 is 5.60. The molecule has 1 unspecified atom stereocenters. The summed E-state index contributed by atoms with van der Waals surface area (Å²) in [7, 11) is 0. The van der Waals surface area contributed by atoms with Crippen LogP contribution in [0.25, 0.3) is 0 Å². The fourth-order valence-corrected chi connectivity index (χ4v) is 1.74. The van der Waals surface area contributed by atoms with Gasteiger partial charge < -0.3 is 15.6 Å². The van der Waals surface area contributed by atoms with Crippen molar-refractivity contribution in [1.82, 2.24) is 0 Å². The SMILES string of the molecule is NCC(COc1cccc(O)c1)C1CC1. The van der Waals surface area contributed by atoms with Crippen LogP contribution < -0.4 is 10.5 Å². The molecule has 1 aliphatic rings. The minimum absolute atomic E-state index is 0.239. The standard InChI is InChI=1S/C12H17NO2/c13-7-10(9-4-5-9)8-15-12-3-1-2-11(14)6-12/h1-3,6,9-10,14H,4-5,7-8,13H2. The first kappa shape index (κ1) is 10.3. The third kappa shape index (κ3) is 2.86. The van der Waals surface area contributed by atoms with Crippen molar-refractivity contribution in [3.63, 3.8) is 0 Å². The largest absolute Gasteiger partial charge is 0.508 e. The summed E-state index contributed by atoms with van der Waals surface area (Å²) in [6.45, 7) is 1.34. The Labute approximate surface area is 89.9 Å². The van der Waals surface area contributed by atoms with E-state index < -0.39 is 0 Å². The van der Waals surface area contributed by atoms with Crippen molar-refractivity contribution in [2.75, 3.05) is 13.2 Å². The third-order valence-corrected chi connectivity index (χ3v) is 2.87. The Morgan fingerprint density at radius 3 is 2.87 bits per heavy atom. The lowest BCUT2D eigenvalue weighted by atomic mass is 10.1. The fraction of sp³-hybridized carbons (Fsp3) is 0.500. The van der Waals surface area contributed by atoms with E-state index in [0.717, 1.165) is 5.92 Å². The van der Waals surface area contributed by atoms with E-state index in [1.165, 1.54) is 12.8 Å². The molecule has 3 N–H and O–H groups in total. The topological polar surface area (TPSA) is 55.5 Å². The van der Waals surface area contributed by atoms with Crippen LogP contribution in [0, 0.1) is 11.8 Å². The van der Waals surface area contributed by atoms with Gasteiger partial charge in [-0.2, -0.15) is 0 Å². The van der Waals surface area contributed by atoms with Crippen molar-refractivity contribution in [3.8, 4) is 11.5 Å². The lowest BCUT2D eigenvalue weighted by molar-refractivity contribution is 0.235. The number of ether oxygens (including phenoxy) is 1. The lowest BCUT2D eigenvalue weighted by Gasteiger charge is -2.14. The minimum atomic E-state index is 0.239. The van der Waals surface area contributed by atoms with Crippen molar-refractivity contribution >= 4 is 0 Å². The molecule has 0 aromatic heterocycles. The smallest absolute Gasteiger partial charge is 0.122 e. The van der Waals surface area contributed by atoms with Gasteiger partial charge in [0.05, 0.1) is 6.61 Å². The fourth-order valence-electron chi connectivity index (χ4n) is 1.74. The second kappa shape index (κ2) is 4.53. The highest BCUT2D eigenvalue weighted by atomic mass is 16.5. The molecule has 1 saturated carbocycles. The minimum Gasteiger partial charge on any atom is -0.508 e. The summed E-state index contributed by atoms with van der Waals surface area (Å²) in [4.78, 5) is 0. The lowest BCUT2D eigenvalue weighted by Crippen LogP contribution is -2.23. The average molecular weight is 207 g/mol. The van der Waals surface area contributed by atoms with Crippen LogP contribution in [0.15, 0.2) is 24.3 Å². The maximum absolute atomic E-state index is 9.25. The summed E-state index contributed by atoms with van der Waals surface area (Å²) >= 11 is 0. The highest BCUT2D eigenvalue weighted by Gasteiger charge is 2.30. The van der Waals surface area contributed by atoms with Crippen LogP contribution in [-0.2, 0) is 0 Å². The van der Waals surface area contributed by atoms with Crippen LogP contribution in [-0.4, -0.2) is 18.3 Å². The van der Waals surface area contributed by atoms with E-state index in [1.807, 2.05) is 6.07 Å². The van der Waals surface area contributed by atoms with Crippen LogP contribution in [0.3, 0.4) is 0 Å². The molecule has 82 valence electrons. The summed E-state index contributed by atoms with van der Waals surface area (Å²) in [5, 5.41) is 9.25. The second-order valence-electron chi connectivity index (χ2n) is 4.14. The third-order valence-electron chi connectivity index (χ3n) is 2.87. The van der Waals surface area contributed by atoms with Crippen molar-refractivity contribution in [3.05, 3.63) is 24.3 Å².